The second kappa shape index (κ2) is 12.0. The smallest absolute Gasteiger partial charge is 0.306 e. The third-order valence-corrected chi connectivity index (χ3v) is 5.14. The molecule has 0 fully saturated rings. The lowest BCUT2D eigenvalue weighted by molar-refractivity contribution is -0.149. The monoisotopic (exact) mass is 432 g/mol. The standard InChI is InChI=1S/C27H32N2O3/c1-4-6-8-21-9-11-23(12-10-21)27-28-17-24(18-29-27)22-13-15-25(16-14-22)31-19-20(3)32-26(30)7-5-2/h9-18,20H,4-8,19H2,1-3H3. The van der Waals surface area contributed by atoms with Gasteiger partial charge in [0, 0.05) is 29.9 Å². The Morgan fingerprint density at radius 3 is 2.16 bits per heavy atom. The van der Waals surface area contributed by atoms with Crippen molar-refractivity contribution in [1.29, 1.82) is 0 Å². The molecule has 1 heterocycles. The molecule has 5 heteroatoms. The summed E-state index contributed by atoms with van der Waals surface area (Å²) in [6.45, 7) is 6.32. The highest BCUT2D eigenvalue weighted by Gasteiger charge is 2.10. The van der Waals surface area contributed by atoms with E-state index in [4.69, 9.17) is 9.47 Å². The maximum absolute atomic E-state index is 11.5. The second-order valence-electron chi connectivity index (χ2n) is 7.98. The number of aromatic nitrogens is 2. The molecule has 0 spiro atoms. The van der Waals surface area contributed by atoms with Crippen LogP contribution in [-0.2, 0) is 16.0 Å². The molecular formula is C27H32N2O3. The Morgan fingerprint density at radius 1 is 0.875 bits per heavy atom. The molecule has 0 N–H and O–H groups in total. The van der Waals surface area contributed by atoms with Gasteiger partial charge < -0.3 is 9.47 Å². The van der Waals surface area contributed by atoms with Gasteiger partial charge in [-0.1, -0.05) is 56.7 Å². The van der Waals surface area contributed by atoms with E-state index in [1.54, 1.807) is 0 Å². The van der Waals surface area contributed by atoms with Crippen LogP contribution in [-0.4, -0.2) is 28.6 Å². The average molecular weight is 433 g/mol. The van der Waals surface area contributed by atoms with Crippen molar-refractivity contribution in [1.82, 2.24) is 9.97 Å². The van der Waals surface area contributed by atoms with Gasteiger partial charge in [0.1, 0.15) is 18.5 Å². The van der Waals surface area contributed by atoms with Gasteiger partial charge in [-0.25, -0.2) is 9.97 Å². The summed E-state index contributed by atoms with van der Waals surface area (Å²) in [6.07, 6.45) is 8.15. The molecule has 168 valence electrons. The van der Waals surface area contributed by atoms with Crippen LogP contribution < -0.4 is 4.74 Å². The van der Waals surface area contributed by atoms with Crippen molar-refractivity contribution in [3.63, 3.8) is 0 Å². The first kappa shape index (κ1) is 23.5. The van der Waals surface area contributed by atoms with Crippen molar-refractivity contribution in [2.24, 2.45) is 0 Å². The summed E-state index contributed by atoms with van der Waals surface area (Å²) in [5, 5.41) is 0. The van der Waals surface area contributed by atoms with Crippen LogP contribution in [0.25, 0.3) is 22.5 Å². The normalized spacial score (nSPS) is 11.7. The van der Waals surface area contributed by atoms with Crippen LogP contribution in [0.3, 0.4) is 0 Å². The molecule has 3 rings (SSSR count). The van der Waals surface area contributed by atoms with Crippen molar-refractivity contribution in [2.75, 3.05) is 6.61 Å². The molecular weight excluding hydrogens is 400 g/mol. The zero-order chi connectivity index (χ0) is 22.8. The lowest BCUT2D eigenvalue weighted by atomic mass is 10.1. The van der Waals surface area contributed by atoms with Crippen LogP contribution in [0.15, 0.2) is 60.9 Å². The highest BCUT2D eigenvalue weighted by molar-refractivity contribution is 5.69. The van der Waals surface area contributed by atoms with Crippen LogP contribution in [0, 0.1) is 0 Å². The summed E-state index contributed by atoms with van der Waals surface area (Å²) >= 11 is 0. The lowest BCUT2D eigenvalue weighted by Gasteiger charge is -2.14. The minimum absolute atomic E-state index is 0.185. The number of carbonyl (C=O) groups is 1. The van der Waals surface area contributed by atoms with E-state index in [1.165, 1.54) is 18.4 Å². The van der Waals surface area contributed by atoms with Crippen LogP contribution in [0.4, 0.5) is 0 Å². The zero-order valence-corrected chi connectivity index (χ0v) is 19.2. The molecule has 0 aliphatic carbocycles. The molecule has 32 heavy (non-hydrogen) atoms. The fraction of sp³-hybridized carbons (Fsp3) is 0.370. The van der Waals surface area contributed by atoms with Gasteiger partial charge in [-0.05, 0) is 49.4 Å². The number of aryl methyl sites for hydroxylation is 1. The van der Waals surface area contributed by atoms with Gasteiger partial charge in [-0.3, -0.25) is 4.79 Å². The van der Waals surface area contributed by atoms with E-state index < -0.39 is 0 Å². The zero-order valence-electron chi connectivity index (χ0n) is 19.2. The second-order valence-corrected chi connectivity index (χ2v) is 7.98. The highest BCUT2D eigenvalue weighted by atomic mass is 16.6. The summed E-state index contributed by atoms with van der Waals surface area (Å²) in [5.41, 5.74) is 4.33. The number of hydrogen-bond acceptors (Lipinski definition) is 5. The van der Waals surface area contributed by atoms with Gasteiger partial charge in [0.15, 0.2) is 5.82 Å². The van der Waals surface area contributed by atoms with Crippen molar-refractivity contribution in [2.45, 2.75) is 59.0 Å². The van der Waals surface area contributed by atoms with Crippen LogP contribution in [0.5, 0.6) is 5.75 Å². The number of nitrogens with zero attached hydrogens (tertiary/aromatic N) is 2. The van der Waals surface area contributed by atoms with Crippen molar-refractivity contribution in [3.8, 4) is 28.3 Å². The molecule has 1 unspecified atom stereocenters. The predicted octanol–water partition coefficient (Wildman–Crippen LogP) is 6.26. The number of esters is 1. The first-order chi connectivity index (χ1) is 15.6. The Labute approximate surface area is 190 Å². The average Bonchev–Trinajstić information content (AvgIpc) is 2.82. The Balaban J connectivity index is 1.56. The molecule has 5 nitrogen and oxygen atoms in total. The number of ether oxygens (including phenoxy) is 2. The molecule has 0 saturated heterocycles. The highest BCUT2D eigenvalue weighted by Crippen LogP contribution is 2.23. The topological polar surface area (TPSA) is 61.3 Å². The minimum atomic E-state index is -0.282. The fourth-order valence-corrected chi connectivity index (χ4v) is 3.31. The van der Waals surface area contributed by atoms with Crippen LogP contribution >= 0.6 is 0 Å². The Bertz CT molecular complexity index is 967. The van der Waals surface area contributed by atoms with E-state index in [0.717, 1.165) is 41.1 Å². The van der Waals surface area contributed by atoms with Gasteiger partial charge in [-0.15, -0.1) is 0 Å². The van der Waals surface area contributed by atoms with Crippen molar-refractivity contribution < 1.29 is 14.3 Å². The summed E-state index contributed by atoms with van der Waals surface area (Å²) in [6, 6.07) is 16.3. The quantitative estimate of drug-likeness (QED) is 0.335. The molecule has 3 aromatic rings. The third kappa shape index (κ3) is 6.91. The molecule has 0 amide bonds. The van der Waals surface area contributed by atoms with Gasteiger partial charge in [0.05, 0.1) is 0 Å². The lowest BCUT2D eigenvalue weighted by Crippen LogP contribution is -2.21. The SMILES string of the molecule is CCCCc1ccc(-c2ncc(-c3ccc(OCC(C)OC(=O)CCC)cc3)cn2)cc1. The third-order valence-electron chi connectivity index (χ3n) is 5.14. The predicted molar refractivity (Wildman–Crippen MR) is 127 cm³/mol. The van der Waals surface area contributed by atoms with E-state index in [2.05, 4.69) is 41.2 Å². The van der Waals surface area contributed by atoms with E-state index in [9.17, 15) is 4.79 Å². The number of rotatable bonds is 11. The molecule has 0 aliphatic rings. The maximum atomic E-state index is 11.5. The summed E-state index contributed by atoms with van der Waals surface area (Å²) in [7, 11) is 0. The number of hydrogen-bond donors (Lipinski definition) is 0. The van der Waals surface area contributed by atoms with Gasteiger partial charge >= 0.3 is 5.97 Å². The largest absolute Gasteiger partial charge is 0.490 e. The molecule has 0 saturated carbocycles. The number of unbranched alkanes of at least 4 members (excludes halogenated alkanes) is 1. The first-order valence-corrected chi connectivity index (χ1v) is 11.4. The summed E-state index contributed by atoms with van der Waals surface area (Å²) in [4.78, 5) is 20.6. The molecule has 0 aliphatic heterocycles. The van der Waals surface area contributed by atoms with E-state index in [1.807, 2.05) is 50.5 Å². The Hall–Kier alpha value is -3.21. The Kier molecular flexibility index (Phi) is 8.79. The van der Waals surface area contributed by atoms with E-state index >= 15 is 0 Å². The molecule has 2 aromatic carbocycles. The van der Waals surface area contributed by atoms with E-state index in [0.29, 0.717) is 13.0 Å². The fourth-order valence-electron chi connectivity index (χ4n) is 3.31. The Morgan fingerprint density at radius 2 is 1.53 bits per heavy atom. The maximum Gasteiger partial charge on any atom is 0.306 e. The molecule has 0 radical (unpaired) electrons. The first-order valence-electron chi connectivity index (χ1n) is 11.4. The van der Waals surface area contributed by atoms with Crippen molar-refractivity contribution in [3.05, 3.63) is 66.5 Å². The van der Waals surface area contributed by atoms with Gasteiger partial charge in [0.25, 0.3) is 0 Å². The summed E-state index contributed by atoms with van der Waals surface area (Å²) < 4.78 is 11.0. The molecule has 1 atom stereocenters. The van der Waals surface area contributed by atoms with E-state index in [-0.39, 0.29) is 12.1 Å². The van der Waals surface area contributed by atoms with Crippen LogP contribution in [0.1, 0.15) is 52.0 Å². The summed E-state index contributed by atoms with van der Waals surface area (Å²) in [5.74, 6) is 1.27. The van der Waals surface area contributed by atoms with Crippen molar-refractivity contribution >= 4 is 5.97 Å². The van der Waals surface area contributed by atoms with Gasteiger partial charge in [0.2, 0.25) is 0 Å². The van der Waals surface area contributed by atoms with Gasteiger partial charge in [-0.2, -0.15) is 0 Å². The minimum Gasteiger partial charge on any atom is -0.490 e. The van der Waals surface area contributed by atoms with Crippen LogP contribution in [0.2, 0.25) is 0 Å². The molecule has 0 bridgehead atoms. The molecule has 1 aromatic heterocycles. The number of carbonyl (C=O) groups excluding carboxylic acids is 1. The number of benzene rings is 2.